The van der Waals surface area contributed by atoms with Crippen LogP contribution in [-0.4, -0.2) is 17.0 Å². The van der Waals surface area contributed by atoms with Crippen molar-refractivity contribution in [2.24, 2.45) is 5.18 Å². The Labute approximate surface area is 62.8 Å². The summed E-state index contributed by atoms with van der Waals surface area (Å²) in [5, 5.41) is 5.29. The van der Waals surface area contributed by atoms with Crippen molar-refractivity contribution in [3.05, 3.63) is 11.1 Å². The Hall–Kier alpha value is -1.72. The van der Waals surface area contributed by atoms with Gasteiger partial charge in [-0.15, -0.1) is 4.91 Å². The molecule has 0 saturated heterocycles. The molecule has 0 aliphatic heterocycles. The molecule has 1 rings (SSSR count). The molecule has 1 aromatic rings. The maximum atomic E-state index is 10.00. The highest BCUT2D eigenvalue weighted by molar-refractivity contribution is 5.57. The van der Waals surface area contributed by atoms with E-state index in [-0.39, 0.29) is 11.5 Å². The number of aromatic nitrogens is 2. The van der Waals surface area contributed by atoms with Crippen LogP contribution in [0.1, 0.15) is 0 Å². The van der Waals surface area contributed by atoms with Crippen molar-refractivity contribution in [3.8, 4) is 0 Å². The molecule has 0 aliphatic carbocycles. The smallest absolute Gasteiger partial charge is 0.224 e. The average Bonchev–Trinajstić information content (AvgIpc) is 2.04. The predicted molar refractivity (Wildman–Crippen MR) is 41.4 cm³/mol. The number of anilines is 2. The Balaban J connectivity index is 3.09. The van der Waals surface area contributed by atoms with Crippen LogP contribution in [0.15, 0.2) is 11.4 Å². The standard InChI is InChI=1S/C5H7N5O/c1-7-5-8-2-3(10-11)4(6)9-5/h2H,1H3,(H3,6,7,8,9). The summed E-state index contributed by atoms with van der Waals surface area (Å²) in [5.74, 6) is 0.453. The van der Waals surface area contributed by atoms with E-state index in [0.717, 1.165) is 0 Å². The molecule has 1 aromatic heterocycles. The molecule has 0 saturated carbocycles. The van der Waals surface area contributed by atoms with Gasteiger partial charge < -0.3 is 11.1 Å². The van der Waals surface area contributed by atoms with Gasteiger partial charge in [-0.3, -0.25) is 0 Å². The highest BCUT2D eigenvalue weighted by Crippen LogP contribution is 2.17. The normalized spacial score (nSPS) is 9.18. The lowest BCUT2D eigenvalue weighted by Gasteiger charge is -1.98. The van der Waals surface area contributed by atoms with E-state index in [1.165, 1.54) is 6.20 Å². The van der Waals surface area contributed by atoms with E-state index in [4.69, 9.17) is 5.73 Å². The van der Waals surface area contributed by atoms with Crippen molar-refractivity contribution < 1.29 is 0 Å². The third-order valence-corrected chi connectivity index (χ3v) is 1.12. The molecule has 58 valence electrons. The van der Waals surface area contributed by atoms with Crippen LogP contribution in [0.5, 0.6) is 0 Å². The summed E-state index contributed by atoms with van der Waals surface area (Å²) in [6.07, 6.45) is 1.27. The van der Waals surface area contributed by atoms with Crippen LogP contribution < -0.4 is 11.1 Å². The largest absolute Gasteiger partial charge is 0.382 e. The molecular formula is C5H7N5O. The summed E-state index contributed by atoms with van der Waals surface area (Å²) in [7, 11) is 1.66. The van der Waals surface area contributed by atoms with E-state index in [0.29, 0.717) is 5.95 Å². The highest BCUT2D eigenvalue weighted by atomic mass is 16.3. The van der Waals surface area contributed by atoms with Crippen molar-refractivity contribution in [3.63, 3.8) is 0 Å². The zero-order valence-corrected chi connectivity index (χ0v) is 5.90. The van der Waals surface area contributed by atoms with Gasteiger partial charge in [0.05, 0.1) is 6.20 Å². The summed E-state index contributed by atoms with van der Waals surface area (Å²) < 4.78 is 0. The molecule has 11 heavy (non-hydrogen) atoms. The summed E-state index contributed by atoms with van der Waals surface area (Å²) in [6, 6.07) is 0. The van der Waals surface area contributed by atoms with Gasteiger partial charge in [-0.25, -0.2) is 4.98 Å². The van der Waals surface area contributed by atoms with Gasteiger partial charge in [0.2, 0.25) is 5.95 Å². The van der Waals surface area contributed by atoms with Gasteiger partial charge in [0, 0.05) is 7.05 Å². The maximum Gasteiger partial charge on any atom is 0.224 e. The zero-order valence-electron chi connectivity index (χ0n) is 5.90. The van der Waals surface area contributed by atoms with Crippen molar-refractivity contribution in [2.45, 2.75) is 0 Å². The van der Waals surface area contributed by atoms with Gasteiger partial charge in [-0.05, 0) is 5.18 Å². The Kier molecular flexibility index (Phi) is 1.95. The van der Waals surface area contributed by atoms with E-state index in [2.05, 4.69) is 20.5 Å². The van der Waals surface area contributed by atoms with Crippen LogP contribution in [0, 0.1) is 4.91 Å². The Bertz CT molecular complexity index is 274. The van der Waals surface area contributed by atoms with Crippen LogP contribution in [0.4, 0.5) is 17.5 Å². The van der Waals surface area contributed by atoms with Gasteiger partial charge in [-0.2, -0.15) is 4.98 Å². The first-order valence-corrected chi connectivity index (χ1v) is 2.91. The quantitative estimate of drug-likeness (QED) is 0.603. The number of nitrogens with one attached hydrogen (secondary N) is 1. The number of rotatable bonds is 2. The molecule has 6 heteroatoms. The van der Waals surface area contributed by atoms with Gasteiger partial charge in [0.15, 0.2) is 11.5 Å². The molecule has 0 unspecified atom stereocenters. The van der Waals surface area contributed by atoms with Gasteiger partial charge in [0.25, 0.3) is 0 Å². The van der Waals surface area contributed by atoms with Gasteiger partial charge >= 0.3 is 0 Å². The molecule has 0 aliphatic rings. The first-order chi connectivity index (χ1) is 5.27. The third kappa shape index (κ3) is 1.40. The molecule has 3 N–H and O–H groups in total. The molecule has 6 nitrogen and oxygen atoms in total. The van der Waals surface area contributed by atoms with E-state index in [1.54, 1.807) is 7.05 Å². The Morgan fingerprint density at radius 1 is 1.73 bits per heavy atom. The van der Waals surface area contributed by atoms with Gasteiger partial charge in [0.1, 0.15) is 0 Å². The molecule has 0 aromatic carbocycles. The number of nitrogens with zero attached hydrogens (tertiary/aromatic N) is 3. The van der Waals surface area contributed by atoms with Crippen LogP contribution in [-0.2, 0) is 0 Å². The lowest BCUT2D eigenvalue weighted by atomic mass is 10.5. The Morgan fingerprint density at radius 2 is 2.45 bits per heavy atom. The number of nitrogen functional groups attached to an aromatic ring is 1. The maximum absolute atomic E-state index is 10.00. The molecule has 0 atom stereocenters. The number of hydrogen-bond acceptors (Lipinski definition) is 6. The second-order valence-electron chi connectivity index (χ2n) is 1.81. The van der Waals surface area contributed by atoms with E-state index in [1.807, 2.05) is 0 Å². The first-order valence-electron chi connectivity index (χ1n) is 2.91. The molecule has 0 bridgehead atoms. The zero-order chi connectivity index (χ0) is 8.27. The SMILES string of the molecule is CNc1ncc(N=O)c(N)n1. The fourth-order valence-corrected chi connectivity index (χ4v) is 0.579. The minimum absolute atomic E-state index is 0.0593. The molecule has 1 heterocycles. The van der Waals surface area contributed by atoms with E-state index in [9.17, 15) is 4.91 Å². The fraction of sp³-hybridized carbons (Fsp3) is 0.200. The van der Waals surface area contributed by atoms with Crippen LogP contribution >= 0.6 is 0 Å². The summed E-state index contributed by atoms with van der Waals surface area (Å²) in [4.78, 5) is 17.5. The minimum Gasteiger partial charge on any atom is -0.382 e. The van der Waals surface area contributed by atoms with Crippen molar-refractivity contribution in [1.82, 2.24) is 9.97 Å². The molecule has 0 spiro atoms. The van der Waals surface area contributed by atoms with Crippen molar-refractivity contribution in [1.29, 1.82) is 0 Å². The second kappa shape index (κ2) is 2.91. The second-order valence-corrected chi connectivity index (χ2v) is 1.81. The Morgan fingerprint density at radius 3 is 2.91 bits per heavy atom. The van der Waals surface area contributed by atoms with Crippen molar-refractivity contribution in [2.75, 3.05) is 18.1 Å². The van der Waals surface area contributed by atoms with Crippen molar-refractivity contribution >= 4 is 17.5 Å². The highest BCUT2D eigenvalue weighted by Gasteiger charge is 2.01. The lowest BCUT2D eigenvalue weighted by Crippen LogP contribution is -1.99. The molecule has 0 radical (unpaired) electrons. The monoisotopic (exact) mass is 153 g/mol. The molecule has 0 amide bonds. The fourth-order valence-electron chi connectivity index (χ4n) is 0.579. The summed E-state index contributed by atoms with van der Waals surface area (Å²) in [6.45, 7) is 0. The number of nitrogens with two attached hydrogens (primary N) is 1. The third-order valence-electron chi connectivity index (χ3n) is 1.12. The molecular weight excluding hydrogens is 146 g/mol. The van der Waals surface area contributed by atoms with E-state index < -0.39 is 0 Å². The predicted octanol–water partition coefficient (Wildman–Crippen LogP) is 0.498. The van der Waals surface area contributed by atoms with Crippen LogP contribution in [0.25, 0.3) is 0 Å². The topological polar surface area (TPSA) is 93.3 Å². The van der Waals surface area contributed by atoms with Crippen LogP contribution in [0.2, 0.25) is 0 Å². The minimum atomic E-state index is 0.0593. The average molecular weight is 153 g/mol. The summed E-state index contributed by atoms with van der Waals surface area (Å²) in [5.41, 5.74) is 5.38. The molecule has 0 fully saturated rings. The van der Waals surface area contributed by atoms with E-state index >= 15 is 0 Å². The summed E-state index contributed by atoms with van der Waals surface area (Å²) >= 11 is 0. The first kappa shape index (κ1) is 7.39. The van der Waals surface area contributed by atoms with Gasteiger partial charge in [-0.1, -0.05) is 0 Å². The number of nitroso groups, excluding NO2 is 1. The lowest BCUT2D eigenvalue weighted by molar-refractivity contribution is 1.15. The van der Waals surface area contributed by atoms with Crippen LogP contribution in [0.3, 0.4) is 0 Å². The number of hydrogen-bond donors (Lipinski definition) is 2.